The first-order valence-electron chi connectivity index (χ1n) is 7.69. The van der Waals surface area contributed by atoms with Crippen molar-refractivity contribution in [2.75, 3.05) is 16.4 Å². The molecule has 0 aliphatic rings. The Morgan fingerprint density at radius 1 is 1.23 bits per heavy atom. The van der Waals surface area contributed by atoms with Crippen LogP contribution in [-0.2, 0) is 6.42 Å². The van der Waals surface area contributed by atoms with E-state index in [1.165, 1.54) is 12.3 Å². The average molecular weight is 396 g/mol. The predicted octanol–water partition coefficient (Wildman–Crippen LogP) is 5.38. The molecule has 0 fully saturated rings. The second-order valence-electron chi connectivity index (χ2n) is 5.54. The molecule has 4 N–H and O–H groups in total. The molecule has 0 atom stereocenters. The zero-order valence-corrected chi connectivity index (χ0v) is 15.3. The Balaban J connectivity index is 1.87. The number of rotatable bonds is 6. The highest BCUT2D eigenvalue weighted by molar-refractivity contribution is 7.10. The quantitative estimate of drug-likeness (QED) is 0.489. The Morgan fingerprint density at radius 2 is 2.04 bits per heavy atom. The van der Waals surface area contributed by atoms with Crippen LogP contribution in [0.15, 0.2) is 35.8 Å². The van der Waals surface area contributed by atoms with Crippen molar-refractivity contribution in [2.45, 2.75) is 19.8 Å². The molecule has 9 heteroatoms. The van der Waals surface area contributed by atoms with E-state index in [9.17, 15) is 8.78 Å². The van der Waals surface area contributed by atoms with Gasteiger partial charge in [0, 0.05) is 22.7 Å². The van der Waals surface area contributed by atoms with Gasteiger partial charge in [-0.05, 0) is 42.1 Å². The Bertz CT molecular complexity index is 916. The number of anilines is 5. The van der Waals surface area contributed by atoms with E-state index in [4.69, 9.17) is 17.3 Å². The number of alkyl halides is 2. The van der Waals surface area contributed by atoms with Crippen molar-refractivity contribution in [3.8, 4) is 0 Å². The third-order valence-corrected chi connectivity index (χ3v) is 4.73. The number of nitrogens with one attached hydrogen (secondary N) is 2. The molecule has 0 aliphatic heterocycles. The molecule has 136 valence electrons. The first-order valence-corrected chi connectivity index (χ1v) is 8.95. The summed E-state index contributed by atoms with van der Waals surface area (Å²) in [5.74, 6) is 0.668. The Kier molecular flexibility index (Phi) is 5.53. The van der Waals surface area contributed by atoms with Crippen LogP contribution >= 0.6 is 22.9 Å². The van der Waals surface area contributed by atoms with Crippen molar-refractivity contribution in [2.24, 2.45) is 0 Å². The van der Waals surface area contributed by atoms with Crippen molar-refractivity contribution in [1.82, 2.24) is 9.97 Å². The molecule has 26 heavy (non-hydrogen) atoms. The van der Waals surface area contributed by atoms with Gasteiger partial charge in [0.2, 0.25) is 12.4 Å². The van der Waals surface area contributed by atoms with Gasteiger partial charge in [-0.1, -0.05) is 11.6 Å². The van der Waals surface area contributed by atoms with E-state index in [1.54, 1.807) is 23.5 Å². The van der Waals surface area contributed by atoms with Gasteiger partial charge in [0.15, 0.2) is 5.82 Å². The summed E-state index contributed by atoms with van der Waals surface area (Å²) in [6.07, 6.45) is -1.45. The molecule has 0 amide bonds. The molecule has 0 bridgehead atoms. The van der Waals surface area contributed by atoms with Crippen molar-refractivity contribution in [3.63, 3.8) is 0 Å². The van der Waals surface area contributed by atoms with Gasteiger partial charge in [-0.2, -0.15) is 4.98 Å². The molecule has 3 rings (SSSR count). The number of benzene rings is 1. The van der Waals surface area contributed by atoms with Crippen LogP contribution in [0.4, 0.5) is 37.6 Å². The molecule has 5 nitrogen and oxygen atoms in total. The molecule has 0 aliphatic carbocycles. The van der Waals surface area contributed by atoms with E-state index in [-0.39, 0.29) is 5.95 Å². The maximum Gasteiger partial charge on any atom is 0.242 e. The molecule has 0 saturated carbocycles. The standard InChI is InChI=1S/C17H16ClF2N5S/c1-9-13(4-5-26-9)23-16-12(18)8-22-17(25-16)24-14-3-2-11(21)6-10(14)7-15(19)20/h2-6,8,15H,7,21H2,1H3,(H2,22,23,24,25). The van der Waals surface area contributed by atoms with Gasteiger partial charge in [-0.25, -0.2) is 13.8 Å². The van der Waals surface area contributed by atoms with Crippen molar-refractivity contribution < 1.29 is 8.78 Å². The molecular formula is C17H16ClF2N5S. The summed E-state index contributed by atoms with van der Waals surface area (Å²) in [6, 6.07) is 6.69. The van der Waals surface area contributed by atoms with Gasteiger partial charge in [-0.3, -0.25) is 0 Å². The number of halogens is 3. The zero-order chi connectivity index (χ0) is 18.7. The fourth-order valence-electron chi connectivity index (χ4n) is 2.35. The maximum atomic E-state index is 12.8. The molecular weight excluding hydrogens is 380 g/mol. The SMILES string of the molecule is Cc1sccc1Nc1nc(Nc2ccc(N)cc2CC(F)F)ncc1Cl. The van der Waals surface area contributed by atoms with Crippen molar-refractivity contribution >= 4 is 51.8 Å². The molecule has 0 radical (unpaired) electrons. The second kappa shape index (κ2) is 7.84. The van der Waals surface area contributed by atoms with Crippen LogP contribution in [0.3, 0.4) is 0 Å². The minimum Gasteiger partial charge on any atom is -0.399 e. The van der Waals surface area contributed by atoms with Crippen LogP contribution in [0.5, 0.6) is 0 Å². The lowest BCUT2D eigenvalue weighted by atomic mass is 10.1. The Morgan fingerprint density at radius 3 is 2.73 bits per heavy atom. The summed E-state index contributed by atoms with van der Waals surface area (Å²) < 4.78 is 25.6. The van der Waals surface area contributed by atoms with Crippen LogP contribution in [-0.4, -0.2) is 16.4 Å². The lowest BCUT2D eigenvalue weighted by Crippen LogP contribution is -2.06. The van der Waals surface area contributed by atoms with E-state index >= 15 is 0 Å². The maximum absolute atomic E-state index is 12.8. The fourth-order valence-corrected chi connectivity index (χ4v) is 3.14. The topological polar surface area (TPSA) is 75.9 Å². The molecule has 3 aromatic rings. The summed E-state index contributed by atoms with van der Waals surface area (Å²) in [6.45, 7) is 1.98. The van der Waals surface area contributed by atoms with Crippen molar-refractivity contribution in [1.29, 1.82) is 0 Å². The van der Waals surface area contributed by atoms with Crippen LogP contribution in [0.25, 0.3) is 0 Å². The molecule has 0 unspecified atom stereocenters. The van der Waals surface area contributed by atoms with Gasteiger partial charge in [0.05, 0.1) is 11.9 Å². The third kappa shape index (κ3) is 4.39. The minimum absolute atomic E-state index is 0.241. The minimum atomic E-state index is -2.48. The normalized spacial score (nSPS) is 11.0. The van der Waals surface area contributed by atoms with Gasteiger partial charge >= 0.3 is 0 Å². The summed E-state index contributed by atoms with van der Waals surface area (Å²) in [7, 11) is 0. The van der Waals surface area contributed by atoms with Gasteiger partial charge in [0.1, 0.15) is 5.02 Å². The summed E-state index contributed by atoms with van der Waals surface area (Å²) in [5.41, 5.74) is 7.87. The van der Waals surface area contributed by atoms with Crippen molar-refractivity contribution in [3.05, 3.63) is 51.3 Å². The molecule has 1 aromatic carbocycles. The van der Waals surface area contributed by atoms with E-state index < -0.39 is 12.8 Å². The predicted molar refractivity (Wildman–Crippen MR) is 103 cm³/mol. The average Bonchev–Trinajstić information content (AvgIpc) is 2.97. The highest BCUT2D eigenvalue weighted by atomic mass is 35.5. The summed E-state index contributed by atoms with van der Waals surface area (Å²) in [4.78, 5) is 9.55. The summed E-state index contributed by atoms with van der Waals surface area (Å²) in [5, 5.41) is 8.42. The number of nitrogen functional groups attached to an aromatic ring is 1. The first kappa shape index (κ1) is 18.3. The Labute approximate surface area is 158 Å². The summed E-state index contributed by atoms with van der Waals surface area (Å²) >= 11 is 7.76. The van der Waals surface area contributed by atoms with E-state index in [0.29, 0.717) is 27.8 Å². The van der Waals surface area contributed by atoms with Crippen LogP contribution < -0.4 is 16.4 Å². The van der Waals surface area contributed by atoms with Crippen LogP contribution in [0.2, 0.25) is 5.02 Å². The number of hydrogen-bond donors (Lipinski definition) is 3. The number of hydrogen-bond acceptors (Lipinski definition) is 6. The van der Waals surface area contributed by atoms with E-state index in [1.807, 2.05) is 18.4 Å². The highest BCUT2D eigenvalue weighted by Gasteiger charge is 2.13. The fraction of sp³-hybridized carbons (Fsp3) is 0.176. The molecule has 2 aromatic heterocycles. The number of nitrogens with zero attached hydrogens (tertiary/aromatic N) is 2. The number of aryl methyl sites for hydroxylation is 1. The first-order chi connectivity index (χ1) is 12.4. The van der Waals surface area contributed by atoms with Crippen LogP contribution in [0.1, 0.15) is 10.4 Å². The molecule has 0 spiro atoms. The third-order valence-electron chi connectivity index (χ3n) is 3.61. The lowest BCUT2D eigenvalue weighted by molar-refractivity contribution is 0.149. The van der Waals surface area contributed by atoms with Crippen LogP contribution in [0, 0.1) is 6.92 Å². The lowest BCUT2D eigenvalue weighted by Gasteiger charge is -2.13. The zero-order valence-electron chi connectivity index (χ0n) is 13.8. The smallest absolute Gasteiger partial charge is 0.242 e. The van der Waals surface area contributed by atoms with Gasteiger partial charge in [-0.15, -0.1) is 11.3 Å². The largest absolute Gasteiger partial charge is 0.399 e. The highest BCUT2D eigenvalue weighted by Crippen LogP contribution is 2.29. The Hall–Kier alpha value is -2.45. The second-order valence-corrected chi connectivity index (χ2v) is 7.07. The van der Waals surface area contributed by atoms with Gasteiger partial charge < -0.3 is 16.4 Å². The molecule has 2 heterocycles. The number of thiophene rings is 1. The van der Waals surface area contributed by atoms with Gasteiger partial charge in [0.25, 0.3) is 0 Å². The number of aromatic nitrogens is 2. The molecule has 0 saturated heterocycles. The number of nitrogens with two attached hydrogens (primary N) is 1. The van der Waals surface area contributed by atoms with E-state index in [0.717, 1.165) is 10.6 Å². The monoisotopic (exact) mass is 395 g/mol. The van der Waals surface area contributed by atoms with E-state index in [2.05, 4.69) is 20.6 Å².